The number of amides is 1. The maximum atomic E-state index is 13.8. The summed E-state index contributed by atoms with van der Waals surface area (Å²) in [6.45, 7) is 8.97. The Morgan fingerprint density at radius 3 is 2.51 bits per heavy atom. The summed E-state index contributed by atoms with van der Waals surface area (Å²) in [5.41, 5.74) is 2.57. The van der Waals surface area contributed by atoms with E-state index in [1.807, 2.05) is 52.0 Å². The van der Waals surface area contributed by atoms with Gasteiger partial charge in [-0.15, -0.1) is 0 Å². The van der Waals surface area contributed by atoms with Gasteiger partial charge < -0.3 is 24.1 Å². The summed E-state index contributed by atoms with van der Waals surface area (Å²) in [5.74, 6) is 0.610. The Bertz CT molecular complexity index is 1760. The SMILES string of the molecule is CCOc1ccc2nc(N3C(=O)C(=O)/C(=C(/O)c4ccc5c(c4)CC(C)O5)C3c3ccc(OCC)c(OCC)c3)sc2c1. The topological polar surface area (TPSA) is 107 Å². The quantitative estimate of drug-likeness (QED) is 0.133. The predicted octanol–water partition coefficient (Wildman–Crippen LogP) is 6.44. The van der Waals surface area contributed by atoms with Gasteiger partial charge in [-0.2, -0.15) is 0 Å². The number of ketones is 1. The summed E-state index contributed by atoms with van der Waals surface area (Å²) in [6, 6.07) is 15.1. The first-order valence-electron chi connectivity index (χ1n) is 14.4. The number of thiazole rings is 1. The first-order chi connectivity index (χ1) is 20.8. The maximum absolute atomic E-state index is 13.8. The second-order valence-corrected chi connectivity index (χ2v) is 11.3. The van der Waals surface area contributed by atoms with E-state index in [0.29, 0.717) is 65.3 Å². The number of hydrogen-bond donors (Lipinski definition) is 1. The molecule has 10 heteroatoms. The number of aliphatic hydroxyl groups excluding tert-OH is 1. The van der Waals surface area contributed by atoms with Crippen molar-refractivity contribution < 1.29 is 33.6 Å². The highest BCUT2D eigenvalue weighted by molar-refractivity contribution is 7.22. The van der Waals surface area contributed by atoms with Crippen LogP contribution >= 0.6 is 11.3 Å². The number of benzene rings is 3. The van der Waals surface area contributed by atoms with Gasteiger partial charge >= 0.3 is 5.91 Å². The van der Waals surface area contributed by atoms with Gasteiger partial charge in [0.1, 0.15) is 23.4 Å². The molecule has 2 aliphatic heterocycles. The normalized spacial score (nSPS) is 19.0. The largest absolute Gasteiger partial charge is 0.507 e. The molecule has 2 unspecified atom stereocenters. The Morgan fingerprint density at radius 1 is 0.977 bits per heavy atom. The van der Waals surface area contributed by atoms with Crippen LogP contribution in [0.4, 0.5) is 5.13 Å². The fourth-order valence-electron chi connectivity index (χ4n) is 5.56. The maximum Gasteiger partial charge on any atom is 0.301 e. The molecular formula is C33H32N2O7S. The van der Waals surface area contributed by atoms with Gasteiger partial charge in [0.25, 0.3) is 5.78 Å². The molecule has 9 nitrogen and oxygen atoms in total. The van der Waals surface area contributed by atoms with Crippen LogP contribution in [-0.4, -0.2) is 47.7 Å². The Morgan fingerprint density at radius 2 is 1.74 bits per heavy atom. The highest BCUT2D eigenvalue weighted by Crippen LogP contribution is 2.46. The van der Waals surface area contributed by atoms with Gasteiger partial charge in [-0.1, -0.05) is 17.4 Å². The van der Waals surface area contributed by atoms with Crippen molar-refractivity contribution in [3.05, 3.63) is 76.9 Å². The molecule has 1 amide bonds. The van der Waals surface area contributed by atoms with E-state index in [1.165, 1.54) is 16.2 Å². The summed E-state index contributed by atoms with van der Waals surface area (Å²) in [7, 11) is 0. The number of carbonyl (C=O) groups is 2. The van der Waals surface area contributed by atoms with Gasteiger partial charge in [-0.25, -0.2) is 4.98 Å². The minimum Gasteiger partial charge on any atom is -0.507 e. The van der Waals surface area contributed by atoms with Gasteiger partial charge in [0.05, 0.1) is 41.7 Å². The van der Waals surface area contributed by atoms with Crippen molar-refractivity contribution in [1.82, 2.24) is 4.98 Å². The summed E-state index contributed by atoms with van der Waals surface area (Å²) >= 11 is 1.28. The number of Topliss-reactive ketones (excluding diaryl/α,β-unsaturated/α-hetero) is 1. The molecule has 1 saturated heterocycles. The number of rotatable bonds is 9. The van der Waals surface area contributed by atoms with Crippen LogP contribution in [0.25, 0.3) is 16.0 Å². The molecule has 0 spiro atoms. The van der Waals surface area contributed by atoms with Crippen LogP contribution < -0.4 is 23.8 Å². The Hall–Kier alpha value is -4.57. The van der Waals surface area contributed by atoms with E-state index in [1.54, 1.807) is 30.3 Å². The zero-order chi connectivity index (χ0) is 30.2. The second-order valence-electron chi connectivity index (χ2n) is 10.3. The number of nitrogens with zero attached hydrogens (tertiary/aromatic N) is 2. The average Bonchev–Trinajstić information content (AvgIpc) is 3.66. The average molecular weight is 601 g/mol. The molecule has 0 bridgehead atoms. The smallest absolute Gasteiger partial charge is 0.301 e. The van der Waals surface area contributed by atoms with E-state index >= 15 is 0 Å². The molecule has 3 aromatic carbocycles. The minimum atomic E-state index is -0.967. The Kier molecular flexibility index (Phi) is 7.70. The van der Waals surface area contributed by atoms with Crippen LogP contribution in [0.15, 0.2) is 60.2 Å². The number of fused-ring (bicyclic) bond motifs is 2. The first-order valence-corrected chi connectivity index (χ1v) is 15.2. The number of aromatic nitrogens is 1. The summed E-state index contributed by atoms with van der Waals surface area (Å²) < 4.78 is 23.9. The predicted molar refractivity (Wildman–Crippen MR) is 165 cm³/mol. The fraction of sp³-hybridized carbons (Fsp3) is 0.303. The van der Waals surface area contributed by atoms with Crippen molar-refractivity contribution in [2.45, 2.75) is 46.3 Å². The lowest BCUT2D eigenvalue weighted by Gasteiger charge is -2.24. The van der Waals surface area contributed by atoms with E-state index in [-0.39, 0.29) is 17.4 Å². The zero-order valence-electron chi connectivity index (χ0n) is 24.4. The first kappa shape index (κ1) is 28.5. The van der Waals surface area contributed by atoms with Crippen molar-refractivity contribution in [3.8, 4) is 23.0 Å². The molecule has 1 aromatic heterocycles. The molecule has 6 rings (SSSR count). The van der Waals surface area contributed by atoms with Crippen LogP contribution in [0.3, 0.4) is 0 Å². The third-order valence-corrected chi connectivity index (χ3v) is 8.38. The third-order valence-electron chi connectivity index (χ3n) is 7.36. The number of anilines is 1. The third kappa shape index (κ3) is 5.16. The molecule has 222 valence electrons. The highest BCUT2D eigenvalue weighted by atomic mass is 32.1. The number of ether oxygens (including phenoxy) is 4. The molecular weight excluding hydrogens is 568 g/mol. The van der Waals surface area contributed by atoms with Crippen molar-refractivity contribution >= 4 is 44.1 Å². The van der Waals surface area contributed by atoms with E-state index in [2.05, 4.69) is 0 Å². The van der Waals surface area contributed by atoms with Crippen molar-refractivity contribution in [1.29, 1.82) is 0 Å². The van der Waals surface area contributed by atoms with Crippen LogP contribution in [-0.2, 0) is 16.0 Å². The van der Waals surface area contributed by atoms with Gasteiger partial charge in [-0.3, -0.25) is 14.5 Å². The van der Waals surface area contributed by atoms with E-state index in [4.69, 9.17) is 23.9 Å². The van der Waals surface area contributed by atoms with E-state index in [9.17, 15) is 14.7 Å². The molecule has 0 saturated carbocycles. The highest BCUT2D eigenvalue weighted by Gasteiger charge is 2.48. The summed E-state index contributed by atoms with van der Waals surface area (Å²) in [4.78, 5) is 33.7. The van der Waals surface area contributed by atoms with Crippen LogP contribution in [0, 0.1) is 0 Å². The Labute approximate surface area is 253 Å². The number of aliphatic hydroxyl groups is 1. The van der Waals surface area contributed by atoms with Gasteiger partial charge in [0.2, 0.25) is 0 Å². The van der Waals surface area contributed by atoms with Gasteiger partial charge in [0.15, 0.2) is 16.6 Å². The minimum absolute atomic E-state index is 0.0149. The van der Waals surface area contributed by atoms with Gasteiger partial charge in [-0.05, 0) is 87.4 Å². The summed E-state index contributed by atoms with van der Waals surface area (Å²) in [5, 5.41) is 12.0. The second kappa shape index (κ2) is 11.6. The lowest BCUT2D eigenvalue weighted by Crippen LogP contribution is -2.29. The standard InChI is InChI=1S/C33H32N2O7S/c1-5-39-22-10-11-23-27(17-22)43-33(34-23)35-29(19-8-13-25(40-6-2)26(16-19)41-7-3)28(31(37)32(35)38)30(36)20-9-12-24-21(15-20)14-18(4)42-24/h8-13,15-18,29,36H,5-7,14H2,1-4H3/b30-28+. The van der Waals surface area contributed by atoms with Crippen molar-refractivity contribution in [2.75, 3.05) is 24.7 Å². The lowest BCUT2D eigenvalue weighted by atomic mass is 9.94. The lowest BCUT2D eigenvalue weighted by molar-refractivity contribution is -0.132. The molecule has 2 atom stereocenters. The molecule has 3 heterocycles. The molecule has 0 aliphatic carbocycles. The van der Waals surface area contributed by atoms with Crippen LogP contribution in [0.5, 0.6) is 23.0 Å². The van der Waals surface area contributed by atoms with Gasteiger partial charge in [0, 0.05) is 12.0 Å². The fourth-order valence-corrected chi connectivity index (χ4v) is 6.58. The molecule has 1 N–H and O–H groups in total. The van der Waals surface area contributed by atoms with Crippen molar-refractivity contribution in [2.24, 2.45) is 0 Å². The summed E-state index contributed by atoms with van der Waals surface area (Å²) in [6.07, 6.45) is 0.696. The van der Waals surface area contributed by atoms with E-state index in [0.717, 1.165) is 16.0 Å². The monoisotopic (exact) mass is 600 g/mol. The zero-order valence-corrected chi connectivity index (χ0v) is 25.2. The van der Waals surface area contributed by atoms with Crippen molar-refractivity contribution in [3.63, 3.8) is 0 Å². The number of carbonyl (C=O) groups excluding carboxylic acids is 2. The van der Waals surface area contributed by atoms with E-state index < -0.39 is 17.7 Å². The Balaban J connectivity index is 1.53. The van der Waals surface area contributed by atoms with Crippen LogP contribution in [0.1, 0.15) is 50.4 Å². The number of hydrogen-bond acceptors (Lipinski definition) is 9. The van der Waals surface area contributed by atoms with Crippen LogP contribution in [0.2, 0.25) is 0 Å². The molecule has 4 aromatic rings. The molecule has 0 radical (unpaired) electrons. The molecule has 2 aliphatic rings. The molecule has 1 fully saturated rings. The molecule has 43 heavy (non-hydrogen) atoms.